The van der Waals surface area contributed by atoms with E-state index in [4.69, 9.17) is 11.6 Å². The van der Waals surface area contributed by atoms with Gasteiger partial charge in [-0.2, -0.15) is 18.3 Å². The molecule has 1 heterocycles. The summed E-state index contributed by atoms with van der Waals surface area (Å²) in [5, 5.41) is 7.04. The zero-order valence-electron chi connectivity index (χ0n) is 11.0. The zero-order valence-corrected chi connectivity index (χ0v) is 11.8. The van der Waals surface area contributed by atoms with E-state index >= 15 is 0 Å². The third kappa shape index (κ3) is 2.78. The summed E-state index contributed by atoms with van der Waals surface area (Å²) in [6.45, 7) is 0. The van der Waals surface area contributed by atoms with E-state index in [0.29, 0.717) is 10.9 Å². The van der Waals surface area contributed by atoms with Crippen LogP contribution in [0.1, 0.15) is 16.7 Å². The van der Waals surface area contributed by atoms with E-state index in [1.165, 1.54) is 18.3 Å². The number of hydrogen-bond acceptors (Lipinski definition) is 1. The smallest absolute Gasteiger partial charge is 0.278 e. The molecular formula is C15H9ClF4N2. The number of nitrogens with one attached hydrogen (secondary N) is 1. The molecule has 0 aliphatic rings. The lowest BCUT2D eigenvalue weighted by Crippen LogP contribution is -2.06. The summed E-state index contributed by atoms with van der Waals surface area (Å²) in [7, 11) is 0. The summed E-state index contributed by atoms with van der Waals surface area (Å²) < 4.78 is 52.7. The van der Waals surface area contributed by atoms with Crippen molar-refractivity contribution in [1.82, 2.24) is 10.2 Å². The van der Waals surface area contributed by atoms with Crippen molar-refractivity contribution in [2.75, 3.05) is 0 Å². The first-order valence-electron chi connectivity index (χ1n) is 6.32. The van der Waals surface area contributed by atoms with Crippen LogP contribution in [0.15, 0.2) is 36.5 Å². The van der Waals surface area contributed by atoms with Crippen molar-refractivity contribution in [2.45, 2.75) is 12.6 Å². The Balaban J connectivity index is 2.11. The van der Waals surface area contributed by atoms with Crippen molar-refractivity contribution in [3.05, 3.63) is 64.1 Å². The minimum absolute atomic E-state index is 0.0168. The largest absolute Gasteiger partial charge is 0.416 e. The molecule has 0 aliphatic heterocycles. The second kappa shape index (κ2) is 5.28. The van der Waals surface area contributed by atoms with E-state index < -0.39 is 17.6 Å². The molecule has 0 aliphatic carbocycles. The van der Waals surface area contributed by atoms with E-state index in [0.717, 1.165) is 18.2 Å². The minimum Gasteiger partial charge on any atom is -0.278 e. The first kappa shape index (κ1) is 14.8. The molecule has 3 rings (SSSR count). The van der Waals surface area contributed by atoms with Crippen LogP contribution >= 0.6 is 11.6 Å². The Labute approximate surface area is 127 Å². The van der Waals surface area contributed by atoms with Gasteiger partial charge in [0.2, 0.25) is 0 Å². The molecule has 0 saturated carbocycles. The lowest BCUT2D eigenvalue weighted by molar-refractivity contribution is -0.137. The average Bonchev–Trinajstić information content (AvgIpc) is 2.89. The maximum absolute atomic E-state index is 13.9. The molecule has 0 radical (unpaired) electrons. The summed E-state index contributed by atoms with van der Waals surface area (Å²) in [6.07, 6.45) is -3.03. The third-order valence-corrected chi connectivity index (χ3v) is 3.60. The number of nitrogens with zero attached hydrogens (tertiary/aromatic N) is 1. The predicted molar refractivity (Wildman–Crippen MR) is 75.3 cm³/mol. The highest BCUT2D eigenvalue weighted by molar-refractivity contribution is 6.30. The maximum Gasteiger partial charge on any atom is 0.416 e. The summed E-state index contributed by atoms with van der Waals surface area (Å²) in [4.78, 5) is 0. The highest BCUT2D eigenvalue weighted by Crippen LogP contribution is 2.33. The number of fused-ring (bicyclic) bond motifs is 1. The Morgan fingerprint density at radius 1 is 1.09 bits per heavy atom. The Bertz CT molecular complexity index is 839. The Hall–Kier alpha value is -2.08. The fourth-order valence-corrected chi connectivity index (χ4v) is 2.46. The van der Waals surface area contributed by atoms with E-state index in [-0.39, 0.29) is 22.5 Å². The topological polar surface area (TPSA) is 28.7 Å². The predicted octanol–water partition coefficient (Wildman–Crippen LogP) is 4.97. The number of hydrogen-bond donors (Lipinski definition) is 1. The fraction of sp³-hybridized carbons (Fsp3) is 0.133. The quantitative estimate of drug-likeness (QED) is 0.661. The lowest BCUT2D eigenvalue weighted by Gasteiger charge is -2.11. The van der Waals surface area contributed by atoms with Crippen molar-refractivity contribution >= 4 is 22.5 Å². The van der Waals surface area contributed by atoms with Gasteiger partial charge in [-0.15, -0.1) is 0 Å². The highest BCUT2D eigenvalue weighted by Gasteiger charge is 2.31. The van der Waals surface area contributed by atoms with Gasteiger partial charge < -0.3 is 0 Å². The second-order valence-electron chi connectivity index (χ2n) is 4.88. The molecule has 0 atom stereocenters. The molecule has 7 heteroatoms. The summed E-state index contributed by atoms with van der Waals surface area (Å²) in [5.41, 5.74) is 0.0823. The first-order valence-corrected chi connectivity index (χ1v) is 6.69. The van der Waals surface area contributed by atoms with E-state index in [1.54, 1.807) is 0 Å². The zero-order chi connectivity index (χ0) is 15.9. The van der Waals surface area contributed by atoms with Gasteiger partial charge in [-0.25, -0.2) is 4.39 Å². The van der Waals surface area contributed by atoms with Gasteiger partial charge in [0.1, 0.15) is 5.82 Å². The summed E-state index contributed by atoms with van der Waals surface area (Å²) in [5.74, 6) is -0.554. The molecule has 2 nitrogen and oxygen atoms in total. The number of alkyl halides is 3. The van der Waals surface area contributed by atoms with Crippen LogP contribution in [-0.2, 0) is 12.6 Å². The first-order chi connectivity index (χ1) is 10.3. The molecule has 114 valence electrons. The molecule has 0 unspecified atom stereocenters. The van der Waals surface area contributed by atoms with Gasteiger partial charge in [0.25, 0.3) is 0 Å². The minimum atomic E-state index is -4.48. The average molecular weight is 329 g/mol. The number of H-pyrrole nitrogens is 1. The molecule has 0 saturated heterocycles. The van der Waals surface area contributed by atoms with Crippen LogP contribution in [0.5, 0.6) is 0 Å². The number of rotatable bonds is 2. The van der Waals surface area contributed by atoms with Crippen molar-refractivity contribution in [1.29, 1.82) is 0 Å². The molecule has 1 aromatic heterocycles. The van der Waals surface area contributed by atoms with Gasteiger partial charge in [-0.3, -0.25) is 5.10 Å². The third-order valence-electron chi connectivity index (χ3n) is 3.37. The molecule has 3 aromatic rings. The molecule has 0 fully saturated rings. The van der Waals surface area contributed by atoms with Gasteiger partial charge in [0, 0.05) is 16.8 Å². The van der Waals surface area contributed by atoms with Crippen LogP contribution in [0.3, 0.4) is 0 Å². The summed E-state index contributed by atoms with van der Waals surface area (Å²) in [6, 6.07) is 6.11. The van der Waals surface area contributed by atoms with Crippen molar-refractivity contribution in [2.24, 2.45) is 0 Å². The fourth-order valence-electron chi connectivity index (χ4n) is 2.30. The van der Waals surface area contributed by atoms with Crippen LogP contribution in [-0.4, -0.2) is 10.2 Å². The number of aromatic amines is 1. The Morgan fingerprint density at radius 3 is 2.55 bits per heavy atom. The number of halogens is 5. The SMILES string of the molecule is Fc1cc(Cl)ccc1Cc1cc(C(F)(F)F)cc2[nH]ncc12. The Kier molecular flexibility index (Phi) is 3.56. The van der Waals surface area contributed by atoms with Crippen molar-refractivity contribution < 1.29 is 17.6 Å². The van der Waals surface area contributed by atoms with Gasteiger partial charge >= 0.3 is 6.18 Å². The lowest BCUT2D eigenvalue weighted by atomic mass is 9.99. The van der Waals surface area contributed by atoms with Crippen LogP contribution in [0.2, 0.25) is 5.02 Å². The van der Waals surface area contributed by atoms with Crippen LogP contribution in [0.4, 0.5) is 17.6 Å². The van der Waals surface area contributed by atoms with Crippen molar-refractivity contribution in [3.63, 3.8) is 0 Å². The number of benzene rings is 2. The standard InChI is InChI=1S/C15H9ClF4N2/c16-11-2-1-8(13(17)6-11)3-9-4-10(15(18,19)20)5-14-12(9)7-21-22-14/h1-2,4-7H,3H2,(H,21,22). The molecular weight excluding hydrogens is 320 g/mol. The Morgan fingerprint density at radius 2 is 1.86 bits per heavy atom. The van der Waals surface area contributed by atoms with Gasteiger partial charge in [0.05, 0.1) is 17.3 Å². The molecule has 0 spiro atoms. The van der Waals surface area contributed by atoms with Gasteiger partial charge in [-0.1, -0.05) is 17.7 Å². The molecule has 0 bridgehead atoms. The molecule has 0 amide bonds. The van der Waals surface area contributed by atoms with Crippen molar-refractivity contribution in [3.8, 4) is 0 Å². The highest BCUT2D eigenvalue weighted by atomic mass is 35.5. The van der Waals surface area contributed by atoms with Gasteiger partial charge in [-0.05, 0) is 35.4 Å². The molecule has 2 aromatic carbocycles. The van der Waals surface area contributed by atoms with E-state index in [1.807, 2.05) is 0 Å². The molecule has 22 heavy (non-hydrogen) atoms. The van der Waals surface area contributed by atoms with E-state index in [2.05, 4.69) is 10.2 Å². The van der Waals surface area contributed by atoms with E-state index in [9.17, 15) is 17.6 Å². The normalized spacial score (nSPS) is 12.0. The van der Waals surface area contributed by atoms with Crippen LogP contribution in [0, 0.1) is 5.82 Å². The maximum atomic E-state index is 13.9. The summed E-state index contributed by atoms with van der Waals surface area (Å²) >= 11 is 5.68. The van der Waals surface area contributed by atoms with Crippen LogP contribution in [0.25, 0.3) is 10.9 Å². The second-order valence-corrected chi connectivity index (χ2v) is 5.31. The molecule has 1 N–H and O–H groups in total. The van der Waals surface area contributed by atoms with Gasteiger partial charge in [0.15, 0.2) is 0 Å². The van der Waals surface area contributed by atoms with Crippen LogP contribution < -0.4 is 0 Å². The number of aromatic nitrogens is 2. The monoisotopic (exact) mass is 328 g/mol.